The first kappa shape index (κ1) is 31.9. The summed E-state index contributed by atoms with van der Waals surface area (Å²) in [6.07, 6.45) is 3.71. The molecule has 3 aromatic carbocycles. The maximum atomic E-state index is 13.6. The van der Waals surface area contributed by atoms with Crippen LogP contribution in [0, 0.1) is 5.92 Å². The van der Waals surface area contributed by atoms with E-state index in [1.807, 2.05) is 48.5 Å². The number of nitrogens with one attached hydrogen (secondary N) is 4. The second kappa shape index (κ2) is 15.4. The van der Waals surface area contributed by atoms with Gasteiger partial charge in [-0.25, -0.2) is 5.48 Å². The van der Waals surface area contributed by atoms with E-state index in [9.17, 15) is 24.6 Å². The number of para-hydroxylation sites is 1. The van der Waals surface area contributed by atoms with E-state index in [-0.39, 0.29) is 30.9 Å². The van der Waals surface area contributed by atoms with Crippen LogP contribution < -0.4 is 20.9 Å². The van der Waals surface area contributed by atoms with Crippen molar-refractivity contribution >= 4 is 28.6 Å². The molecule has 0 saturated carbocycles. The van der Waals surface area contributed by atoms with Crippen LogP contribution in [-0.4, -0.2) is 57.8 Å². The van der Waals surface area contributed by atoms with Gasteiger partial charge < -0.3 is 30.6 Å². The molecule has 0 bridgehead atoms. The lowest BCUT2D eigenvalue weighted by molar-refractivity contribution is -0.136. The number of ether oxygens (including phenoxy) is 1. The normalized spacial score (nSPS) is 12.3. The summed E-state index contributed by atoms with van der Waals surface area (Å²) in [5.41, 5.74) is 5.02. The maximum Gasteiger partial charge on any atom is 0.244 e. The number of hydrogen-bond acceptors (Lipinski definition) is 7. The lowest BCUT2D eigenvalue weighted by atomic mass is 9.94. The largest absolute Gasteiger partial charge is 0.508 e. The molecule has 0 saturated heterocycles. The van der Waals surface area contributed by atoms with Gasteiger partial charge in [0.1, 0.15) is 23.3 Å². The van der Waals surface area contributed by atoms with Gasteiger partial charge >= 0.3 is 0 Å². The Morgan fingerprint density at radius 2 is 1.64 bits per heavy atom. The second-order valence-electron chi connectivity index (χ2n) is 10.7. The number of carbonyl (C=O) groups excluding carboxylic acids is 3. The van der Waals surface area contributed by atoms with Crippen LogP contribution in [0.5, 0.6) is 17.2 Å². The Balaban J connectivity index is 1.46. The van der Waals surface area contributed by atoms with E-state index in [1.54, 1.807) is 18.8 Å². The monoisotopic (exact) mass is 602 g/mol. The molecule has 232 valence electrons. The third kappa shape index (κ3) is 8.98. The topological polar surface area (TPSA) is 173 Å². The number of benzene rings is 3. The highest BCUT2D eigenvalue weighted by Crippen LogP contribution is 2.22. The quantitative estimate of drug-likeness (QED) is 0.0805. The van der Waals surface area contributed by atoms with Crippen molar-refractivity contribution in [1.82, 2.24) is 21.1 Å². The van der Waals surface area contributed by atoms with Crippen LogP contribution in [0.1, 0.15) is 36.0 Å². The fourth-order valence-corrected chi connectivity index (χ4v) is 5.21. The summed E-state index contributed by atoms with van der Waals surface area (Å²) >= 11 is 0. The minimum atomic E-state index is -0.958. The summed E-state index contributed by atoms with van der Waals surface area (Å²) in [5, 5.41) is 35.3. The molecule has 0 aliphatic carbocycles. The molecule has 7 N–H and O–H groups in total. The lowest BCUT2D eigenvalue weighted by Gasteiger charge is -2.22. The first-order valence-corrected chi connectivity index (χ1v) is 14.5. The fourth-order valence-electron chi connectivity index (χ4n) is 5.21. The zero-order chi connectivity index (χ0) is 31.5. The van der Waals surface area contributed by atoms with E-state index in [4.69, 9.17) is 9.94 Å². The van der Waals surface area contributed by atoms with E-state index in [2.05, 4.69) is 15.6 Å². The van der Waals surface area contributed by atoms with Gasteiger partial charge in [-0.2, -0.15) is 0 Å². The summed E-state index contributed by atoms with van der Waals surface area (Å²) in [4.78, 5) is 42.3. The van der Waals surface area contributed by atoms with Crippen molar-refractivity contribution in [3.05, 3.63) is 89.6 Å². The number of carbonyl (C=O) groups is 3. The summed E-state index contributed by atoms with van der Waals surface area (Å²) in [6.45, 7) is 0.195. The van der Waals surface area contributed by atoms with Crippen molar-refractivity contribution in [1.29, 1.82) is 0 Å². The number of aromatic nitrogens is 1. The Labute approximate surface area is 255 Å². The van der Waals surface area contributed by atoms with E-state index in [0.29, 0.717) is 31.2 Å². The number of amides is 3. The van der Waals surface area contributed by atoms with E-state index < -0.39 is 29.7 Å². The molecule has 1 heterocycles. The molecule has 11 nitrogen and oxygen atoms in total. The van der Waals surface area contributed by atoms with E-state index >= 15 is 0 Å². The van der Waals surface area contributed by atoms with E-state index in [0.717, 1.165) is 27.8 Å². The Morgan fingerprint density at radius 3 is 2.34 bits per heavy atom. The number of H-pyrrole nitrogens is 1. The Bertz CT molecular complexity index is 1550. The molecule has 0 aliphatic rings. The SMILES string of the molecule is COc1ccc(CCC[C@@H](CC(=O)NO)C(=O)N[C@H](Cc2c[nH]c3ccccc23)C(=O)NCCc2cc(O)cc(O)c2)cc1. The highest BCUT2D eigenvalue weighted by atomic mass is 16.5. The van der Waals surface area contributed by atoms with Gasteiger partial charge in [0.2, 0.25) is 17.7 Å². The maximum absolute atomic E-state index is 13.6. The van der Waals surface area contributed by atoms with Gasteiger partial charge in [0.15, 0.2) is 0 Å². The minimum Gasteiger partial charge on any atom is -0.508 e. The summed E-state index contributed by atoms with van der Waals surface area (Å²) in [6, 6.07) is 18.5. The van der Waals surface area contributed by atoms with Gasteiger partial charge in [0.25, 0.3) is 0 Å². The molecule has 0 aliphatic heterocycles. The third-order valence-electron chi connectivity index (χ3n) is 7.51. The lowest BCUT2D eigenvalue weighted by Crippen LogP contribution is -2.50. The molecular weight excluding hydrogens is 564 g/mol. The van der Waals surface area contributed by atoms with Crippen molar-refractivity contribution in [2.75, 3.05) is 13.7 Å². The highest BCUT2D eigenvalue weighted by Gasteiger charge is 2.28. The van der Waals surface area contributed by atoms with Crippen LogP contribution in [0.25, 0.3) is 10.9 Å². The van der Waals surface area contributed by atoms with Crippen LogP contribution >= 0.6 is 0 Å². The molecular formula is C33H38N4O7. The van der Waals surface area contributed by atoms with Crippen LogP contribution in [0.4, 0.5) is 0 Å². The highest BCUT2D eigenvalue weighted by molar-refractivity contribution is 5.91. The minimum absolute atomic E-state index is 0.0826. The zero-order valence-electron chi connectivity index (χ0n) is 24.5. The molecule has 2 atom stereocenters. The molecule has 11 heteroatoms. The first-order valence-electron chi connectivity index (χ1n) is 14.5. The fraction of sp³-hybridized carbons (Fsp3) is 0.303. The number of aromatic amines is 1. The Kier molecular flexibility index (Phi) is 11.2. The number of phenols is 2. The average Bonchev–Trinajstić information content (AvgIpc) is 3.42. The average molecular weight is 603 g/mol. The summed E-state index contributed by atoms with van der Waals surface area (Å²) < 4.78 is 5.20. The summed E-state index contributed by atoms with van der Waals surface area (Å²) in [5.74, 6) is -1.79. The van der Waals surface area contributed by atoms with Crippen LogP contribution in [-0.2, 0) is 33.6 Å². The number of fused-ring (bicyclic) bond motifs is 1. The van der Waals surface area contributed by atoms with Crippen molar-refractivity contribution < 1.29 is 34.5 Å². The second-order valence-corrected chi connectivity index (χ2v) is 10.7. The Morgan fingerprint density at radius 1 is 0.909 bits per heavy atom. The van der Waals surface area contributed by atoms with Gasteiger partial charge in [-0.1, -0.05) is 30.3 Å². The van der Waals surface area contributed by atoms with Crippen molar-refractivity contribution in [3.63, 3.8) is 0 Å². The summed E-state index contributed by atoms with van der Waals surface area (Å²) in [7, 11) is 1.59. The van der Waals surface area contributed by atoms with Gasteiger partial charge in [-0.05, 0) is 72.7 Å². The molecule has 44 heavy (non-hydrogen) atoms. The number of phenolic OH excluding ortho intramolecular Hbond substituents is 2. The first-order chi connectivity index (χ1) is 21.2. The number of aryl methyl sites for hydroxylation is 1. The van der Waals surface area contributed by atoms with Crippen molar-refractivity contribution in [3.8, 4) is 17.2 Å². The molecule has 0 spiro atoms. The zero-order valence-corrected chi connectivity index (χ0v) is 24.5. The number of aromatic hydroxyl groups is 2. The van der Waals surface area contributed by atoms with Crippen LogP contribution in [0.15, 0.2) is 72.9 Å². The van der Waals surface area contributed by atoms with Crippen molar-refractivity contribution in [2.45, 2.75) is 44.6 Å². The van der Waals surface area contributed by atoms with Crippen LogP contribution in [0.2, 0.25) is 0 Å². The molecule has 0 unspecified atom stereocenters. The predicted octanol–water partition coefficient (Wildman–Crippen LogP) is 3.51. The molecule has 0 fully saturated rings. The third-order valence-corrected chi connectivity index (χ3v) is 7.51. The van der Waals surface area contributed by atoms with Crippen molar-refractivity contribution in [2.24, 2.45) is 5.92 Å². The molecule has 4 rings (SSSR count). The molecule has 4 aromatic rings. The van der Waals surface area contributed by atoms with Gasteiger partial charge in [-0.15, -0.1) is 0 Å². The number of hydrogen-bond donors (Lipinski definition) is 7. The predicted molar refractivity (Wildman–Crippen MR) is 164 cm³/mol. The van der Waals surface area contributed by atoms with Gasteiger partial charge in [0.05, 0.1) is 7.11 Å². The number of methoxy groups -OCH3 is 1. The number of rotatable bonds is 15. The van der Waals surface area contributed by atoms with Crippen LogP contribution in [0.3, 0.4) is 0 Å². The number of hydroxylamine groups is 1. The smallest absolute Gasteiger partial charge is 0.244 e. The van der Waals surface area contributed by atoms with E-state index in [1.165, 1.54) is 18.2 Å². The molecule has 0 radical (unpaired) electrons. The Hall–Kier alpha value is -5.03. The van der Waals surface area contributed by atoms with Gasteiger partial charge in [0, 0.05) is 48.5 Å². The molecule has 3 amide bonds. The molecule has 1 aromatic heterocycles. The van der Waals surface area contributed by atoms with Gasteiger partial charge in [-0.3, -0.25) is 19.6 Å². The standard InChI is InChI=1S/C33H38N4O7/c1-44-27-11-9-21(10-12-27)5-4-6-23(18-31(40)37-43)32(41)36-30(17-24-20-35-29-8-3-2-7-28(24)29)33(42)34-14-13-22-15-25(38)19-26(39)16-22/h2-3,7-12,15-16,19-20,23,30,35,38-39,43H,4-6,13-14,17-18H2,1H3,(H,34,42)(H,36,41)(H,37,40)/t23-,30+/m0/s1.